The Morgan fingerprint density at radius 1 is 1.60 bits per heavy atom. The minimum absolute atomic E-state index is 0.544. The first-order chi connectivity index (χ1) is 7.29. The fourth-order valence-corrected chi connectivity index (χ4v) is 1.80. The van der Waals surface area contributed by atoms with Gasteiger partial charge in [-0.15, -0.1) is 0 Å². The van der Waals surface area contributed by atoms with Crippen molar-refractivity contribution in [3.05, 3.63) is 11.7 Å². The molecule has 2 rings (SSSR count). The zero-order valence-corrected chi connectivity index (χ0v) is 9.36. The Morgan fingerprint density at radius 3 is 3.13 bits per heavy atom. The molecule has 1 aromatic heterocycles. The Morgan fingerprint density at radius 2 is 2.47 bits per heavy atom. The molecule has 0 amide bonds. The standard InChI is InChI=1S/C10H18N4O/c1-3-10-12-9(13-15-10)7-14-5-4-11-6-8(14)2/h8,11H,3-7H2,1-2H3/t8-/m1/s1. The molecule has 0 aliphatic carbocycles. The highest BCUT2D eigenvalue weighted by Gasteiger charge is 2.19. The SMILES string of the molecule is CCc1nc(CN2CCNC[C@H]2C)no1. The lowest BCUT2D eigenvalue weighted by Crippen LogP contribution is -2.49. The summed E-state index contributed by atoms with van der Waals surface area (Å²) >= 11 is 0. The second-order valence-electron chi connectivity index (χ2n) is 3.98. The highest BCUT2D eigenvalue weighted by molar-refractivity contribution is 4.88. The summed E-state index contributed by atoms with van der Waals surface area (Å²) in [6.07, 6.45) is 0.810. The van der Waals surface area contributed by atoms with E-state index in [-0.39, 0.29) is 0 Å². The zero-order chi connectivity index (χ0) is 10.7. The molecule has 1 N–H and O–H groups in total. The van der Waals surface area contributed by atoms with Crippen LogP contribution in [-0.2, 0) is 13.0 Å². The molecule has 84 valence electrons. The summed E-state index contributed by atoms with van der Waals surface area (Å²) in [5.74, 6) is 1.54. The van der Waals surface area contributed by atoms with Crippen LogP contribution in [0.3, 0.4) is 0 Å². The fourth-order valence-electron chi connectivity index (χ4n) is 1.80. The Bertz CT molecular complexity index is 312. The monoisotopic (exact) mass is 210 g/mol. The maximum absolute atomic E-state index is 5.09. The van der Waals surface area contributed by atoms with Crippen LogP contribution < -0.4 is 5.32 Å². The first-order valence-corrected chi connectivity index (χ1v) is 5.56. The van der Waals surface area contributed by atoms with Crippen LogP contribution in [0.1, 0.15) is 25.6 Å². The smallest absolute Gasteiger partial charge is 0.226 e. The Balaban J connectivity index is 1.95. The van der Waals surface area contributed by atoms with Gasteiger partial charge >= 0.3 is 0 Å². The second kappa shape index (κ2) is 4.72. The zero-order valence-electron chi connectivity index (χ0n) is 9.36. The first kappa shape index (κ1) is 10.6. The molecule has 1 saturated heterocycles. The van der Waals surface area contributed by atoms with Gasteiger partial charge in [0.05, 0.1) is 6.54 Å². The van der Waals surface area contributed by atoms with Crippen LogP contribution in [0.5, 0.6) is 0 Å². The molecule has 0 aromatic carbocycles. The molecule has 1 aromatic rings. The van der Waals surface area contributed by atoms with E-state index < -0.39 is 0 Å². The van der Waals surface area contributed by atoms with Crippen LogP contribution in [0.2, 0.25) is 0 Å². The third-order valence-electron chi connectivity index (χ3n) is 2.80. The summed E-state index contributed by atoms with van der Waals surface area (Å²) in [4.78, 5) is 6.69. The topological polar surface area (TPSA) is 54.2 Å². The maximum atomic E-state index is 5.09. The Labute approximate surface area is 89.8 Å². The van der Waals surface area contributed by atoms with Crippen molar-refractivity contribution in [3.63, 3.8) is 0 Å². The van der Waals surface area contributed by atoms with Gasteiger partial charge in [-0.05, 0) is 6.92 Å². The second-order valence-corrected chi connectivity index (χ2v) is 3.98. The quantitative estimate of drug-likeness (QED) is 0.784. The first-order valence-electron chi connectivity index (χ1n) is 5.56. The van der Waals surface area contributed by atoms with Gasteiger partial charge in [0, 0.05) is 32.1 Å². The summed E-state index contributed by atoms with van der Waals surface area (Å²) in [6.45, 7) is 8.17. The number of piperazine rings is 1. The van der Waals surface area contributed by atoms with Crippen molar-refractivity contribution in [2.45, 2.75) is 32.9 Å². The van der Waals surface area contributed by atoms with Gasteiger partial charge < -0.3 is 9.84 Å². The van der Waals surface area contributed by atoms with Crippen LogP contribution in [0.4, 0.5) is 0 Å². The highest BCUT2D eigenvalue weighted by Crippen LogP contribution is 2.07. The van der Waals surface area contributed by atoms with Crippen LogP contribution in [0.25, 0.3) is 0 Å². The largest absolute Gasteiger partial charge is 0.339 e. The molecule has 0 spiro atoms. The normalized spacial score (nSPS) is 23.2. The average Bonchev–Trinajstić information content (AvgIpc) is 2.69. The lowest BCUT2D eigenvalue weighted by molar-refractivity contribution is 0.160. The Kier molecular flexibility index (Phi) is 3.33. The maximum Gasteiger partial charge on any atom is 0.226 e. The number of hydrogen-bond donors (Lipinski definition) is 1. The summed E-state index contributed by atoms with van der Waals surface area (Å²) in [5.41, 5.74) is 0. The molecule has 0 radical (unpaired) electrons. The molecular formula is C10H18N4O. The molecule has 0 saturated carbocycles. The van der Waals surface area contributed by atoms with E-state index in [2.05, 4.69) is 27.3 Å². The molecule has 1 aliphatic heterocycles. The van der Waals surface area contributed by atoms with Crippen molar-refractivity contribution >= 4 is 0 Å². The summed E-state index contributed by atoms with van der Waals surface area (Å²) in [6, 6.07) is 0.544. The van der Waals surface area contributed by atoms with Gasteiger partial charge in [-0.25, -0.2) is 0 Å². The fraction of sp³-hybridized carbons (Fsp3) is 0.800. The summed E-state index contributed by atoms with van der Waals surface area (Å²) < 4.78 is 5.09. The van der Waals surface area contributed by atoms with Gasteiger partial charge in [0.15, 0.2) is 5.82 Å². The van der Waals surface area contributed by atoms with Gasteiger partial charge in [0.25, 0.3) is 0 Å². The van der Waals surface area contributed by atoms with Crippen molar-refractivity contribution in [2.24, 2.45) is 0 Å². The van der Waals surface area contributed by atoms with Crippen molar-refractivity contribution < 1.29 is 4.52 Å². The molecule has 1 atom stereocenters. The van der Waals surface area contributed by atoms with Crippen molar-refractivity contribution in [2.75, 3.05) is 19.6 Å². The van der Waals surface area contributed by atoms with E-state index in [9.17, 15) is 0 Å². The van der Waals surface area contributed by atoms with Gasteiger partial charge in [0.2, 0.25) is 5.89 Å². The lowest BCUT2D eigenvalue weighted by Gasteiger charge is -2.32. The molecule has 5 heteroatoms. The minimum Gasteiger partial charge on any atom is -0.339 e. The van der Waals surface area contributed by atoms with E-state index in [1.54, 1.807) is 0 Å². The molecule has 1 aliphatic rings. The predicted octanol–water partition coefficient (Wildman–Crippen LogP) is 0.426. The predicted molar refractivity (Wildman–Crippen MR) is 56.4 cm³/mol. The van der Waals surface area contributed by atoms with Crippen LogP contribution in [0, 0.1) is 0 Å². The van der Waals surface area contributed by atoms with E-state index in [0.29, 0.717) is 6.04 Å². The summed E-state index contributed by atoms with van der Waals surface area (Å²) in [7, 11) is 0. The number of nitrogens with one attached hydrogen (secondary N) is 1. The molecule has 2 heterocycles. The molecular weight excluding hydrogens is 192 g/mol. The highest BCUT2D eigenvalue weighted by atomic mass is 16.5. The van der Waals surface area contributed by atoms with Crippen molar-refractivity contribution in [1.82, 2.24) is 20.4 Å². The van der Waals surface area contributed by atoms with Gasteiger partial charge in [0.1, 0.15) is 0 Å². The minimum atomic E-state index is 0.544. The van der Waals surface area contributed by atoms with Crippen LogP contribution in [0.15, 0.2) is 4.52 Å². The third kappa shape index (κ3) is 2.54. The van der Waals surface area contributed by atoms with Gasteiger partial charge in [-0.3, -0.25) is 4.90 Å². The number of hydrogen-bond acceptors (Lipinski definition) is 5. The van der Waals surface area contributed by atoms with E-state index >= 15 is 0 Å². The molecule has 0 unspecified atom stereocenters. The van der Waals surface area contributed by atoms with E-state index in [1.165, 1.54) is 0 Å². The number of rotatable bonds is 3. The van der Waals surface area contributed by atoms with Crippen LogP contribution in [-0.4, -0.2) is 40.7 Å². The van der Waals surface area contributed by atoms with Crippen LogP contribution >= 0.6 is 0 Å². The molecule has 1 fully saturated rings. The molecule has 15 heavy (non-hydrogen) atoms. The molecule has 0 bridgehead atoms. The number of aromatic nitrogens is 2. The average molecular weight is 210 g/mol. The number of aryl methyl sites for hydroxylation is 1. The van der Waals surface area contributed by atoms with Gasteiger partial charge in [-0.1, -0.05) is 12.1 Å². The third-order valence-corrected chi connectivity index (χ3v) is 2.80. The van der Waals surface area contributed by atoms with E-state index in [1.807, 2.05) is 6.92 Å². The van der Waals surface area contributed by atoms with E-state index in [4.69, 9.17) is 4.52 Å². The Hall–Kier alpha value is -0.940. The lowest BCUT2D eigenvalue weighted by atomic mass is 10.2. The van der Waals surface area contributed by atoms with E-state index in [0.717, 1.165) is 44.3 Å². The number of nitrogens with zero attached hydrogens (tertiary/aromatic N) is 3. The molecule has 5 nitrogen and oxygen atoms in total. The summed E-state index contributed by atoms with van der Waals surface area (Å²) in [5, 5.41) is 7.33. The van der Waals surface area contributed by atoms with Crippen molar-refractivity contribution in [3.8, 4) is 0 Å². The van der Waals surface area contributed by atoms with Crippen molar-refractivity contribution in [1.29, 1.82) is 0 Å². The van der Waals surface area contributed by atoms with Gasteiger partial charge in [-0.2, -0.15) is 4.98 Å².